The molecule has 0 radical (unpaired) electrons. The van der Waals surface area contributed by atoms with Crippen LogP contribution in [0.4, 0.5) is 5.69 Å². The standard InChI is InChI=1S/C23H29N3/c1-15-4-7-20-19(10-15)23-21-11-18(14-25(21)3)12-22(23)26(20)9-8-17-6-5-16(2)24-13-17/h4-7,10,13,18,21-23H,8-9,11-12,14H2,1-3H3/t18-,21-,22-,23+/m1/s1. The van der Waals surface area contributed by atoms with E-state index in [9.17, 15) is 0 Å². The van der Waals surface area contributed by atoms with E-state index in [2.05, 4.69) is 72.2 Å². The number of hydrogen-bond acceptors (Lipinski definition) is 3. The molecular formula is C23H29N3. The average molecular weight is 348 g/mol. The topological polar surface area (TPSA) is 19.4 Å². The van der Waals surface area contributed by atoms with Gasteiger partial charge in [-0.25, -0.2) is 0 Å². The highest BCUT2D eigenvalue weighted by Gasteiger charge is 2.51. The van der Waals surface area contributed by atoms with Crippen molar-refractivity contribution in [1.29, 1.82) is 0 Å². The molecule has 0 spiro atoms. The number of aryl methyl sites for hydroxylation is 2. The van der Waals surface area contributed by atoms with Crippen molar-refractivity contribution in [2.24, 2.45) is 5.92 Å². The van der Waals surface area contributed by atoms with Crippen molar-refractivity contribution in [3.63, 3.8) is 0 Å². The molecule has 1 saturated heterocycles. The summed E-state index contributed by atoms with van der Waals surface area (Å²) in [5.74, 6) is 1.56. The lowest BCUT2D eigenvalue weighted by Crippen LogP contribution is -2.44. The van der Waals surface area contributed by atoms with Gasteiger partial charge in [-0.05, 0) is 69.3 Å². The molecule has 2 aromatic rings. The summed E-state index contributed by atoms with van der Waals surface area (Å²) in [6.07, 6.45) is 5.87. The third kappa shape index (κ3) is 2.56. The predicted octanol–water partition coefficient (Wildman–Crippen LogP) is 3.94. The van der Waals surface area contributed by atoms with E-state index in [1.807, 2.05) is 0 Å². The first kappa shape index (κ1) is 16.3. The van der Waals surface area contributed by atoms with Crippen LogP contribution in [0.5, 0.6) is 0 Å². The molecule has 0 unspecified atom stereocenters. The maximum Gasteiger partial charge on any atom is 0.0406 e. The second-order valence-corrected chi connectivity index (χ2v) is 8.75. The van der Waals surface area contributed by atoms with Crippen LogP contribution in [0.1, 0.15) is 41.1 Å². The van der Waals surface area contributed by atoms with E-state index in [-0.39, 0.29) is 0 Å². The van der Waals surface area contributed by atoms with E-state index in [1.54, 1.807) is 5.56 Å². The molecule has 26 heavy (non-hydrogen) atoms. The predicted molar refractivity (Wildman–Crippen MR) is 107 cm³/mol. The number of benzene rings is 1. The number of fused-ring (bicyclic) bond motifs is 6. The zero-order valence-corrected chi connectivity index (χ0v) is 16.2. The number of rotatable bonds is 3. The molecule has 5 rings (SSSR count). The van der Waals surface area contributed by atoms with Crippen molar-refractivity contribution in [2.75, 3.05) is 25.0 Å². The molecule has 3 heterocycles. The van der Waals surface area contributed by atoms with Gasteiger partial charge >= 0.3 is 0 Å². The third-order valence-corrected chi connectivity index (χ3v) is 6.96. The maximum absolute atomic E-state index is 4.48. The summed E-state index contributed by atoms with van der Waals surface area (Å²) in [4.78, 5) is 9.85. The summed E-state index contributed by atoms with van der Waals surface area (Å²) >= 11 is 0. The Morgan fingerprint density at radius 3 is 2.73 bits per heavy atom. The highest BCUT2D eigenvalue weighted by Crippen LogP contribution is 2.53. The number of anilines is 1. The molecule has 0 amide bonds. The van der Waals surface area contributed by atoms with Crippen LogP contribution in [0.2, 0.25) is 0 Å². The van der Waals surface area contributed by atoms with E-state index >= 15 is 0 Å². The molecule has 1 aromatic heterocycles. The van der Waals surface area contributed by atoms with Gasteiger partial charge in [0.05, 0.1) is 0 Å². The van der Waals surface area contributed by atoms with Crippen molar-refractivity contribution in [1.82, 2.24) is 9.88 Å². The number of likely N-dealkylation sites (N-methyl/N-ethyl adjacent to an activating group) is 1. The van der Waals surface area contributed by atoms with E-state index < -0.39 is 0 Å². The Bertz CT molecular complexity index is 813. The average Bonchev–Trinajstić information content (AvgIpc) is 3.09. The zero-order valence-electron chi connectivity index (χ0n) is 16.2. The number of pyridine rings is 1. The molecule has 1 aliphatic carbocycles. The molecule has 3 aliphatic rings. The molecule has 4 atom stereocenters. The first-order valence-corrected chi connectivity index (χ1v) is 10.1. The van der Waals surface area contributed by atoms with Crippen LogP contribution in [0.3, 0.4) is 0 Å². The van der Waals surface area contributed by atoms with Crippen molar-refractivity contribution < 1.29 is 0 Å². The van der Waals surface area contributed by atoms with Gasteiger partial charge in [0, 0.05) is 48.7 Å². The van der Waals surface area contributed by atoms with Crippen molar-refractivity contribution >= 4 is 5.69 Å². The van der Waals surface area contributed by atoms with Gasteiger partial charge < -0.3 is 9.80 Å². The fourth-order valence-electron chi connectivity index (χ4n) is 5.77. The smallest absolute Gasteiger partial charge is 0.0406 e. The van der Waals surface area contributed by atoms with Crippen molar-refractivity contribution in [3.05, 3.63) is 58.9 Å². The lowest BCUT2D eigenvalue weighted by Gasteiger charge is -2.38. The first-order valence-electron chi connectivity index (χ1n) is 10.1. The summed E-state index contributed by atoms with van der Waals surface area (Å²) in [6, 6.07) is 12.9. The Labute approximate surface area is 157 Å². The van der Waals surface area contributed by atoms with Gasteiger partial charge in [0.25, 0.3) is 0 Å². The summed E-state index contributed by atoms with van der Waals surface area (Å²) in [5, 5.41) is 0. The van der Waals surface area contributed by atoms with E-state index in [4.69, 9.17) is 0 Å². The molecule has 2 aliphatic heterocycles. The Balaban J connectivity index is 1.46. The van der Waals surface area contributed by atoms with Crippen LogP contribution in [0.15, 0.2) is 36.5 Å². The summed E-state index contributed by atoms with van der Waals surface area (Å²) in [5.41, 5.74) is 6.95. The molecule has 1 aromatic carbocycles. The minimum absolute atomic E-state index is 0.680. The van der Waals surface area contributed by atoms with E-state index in [0.29, 0.717) is 12.0 Å². The van der Waals surface area contributed by atoms with Crippen LogP contribution in [-0.4, -0.2) is 42.1 Å². The van der Waals surface area contributed by atoms with Crippen LogP contribution in [0.25, 0.3) is 0 Å². The van der Waals surface area contributed by atoms with E-state index in [0.717, 1.165) is 30.6 Å². The second kappa shape index (κ2) is 6.09. The highest BCUT2D eigenvalue weighted by molar-refractivity contribution is 5.64. The van der Waals surface area contributed by atoms with Crippen molar-refractivity contribution in [3.8, 4) is 0 Å². The molecule has 2 fully saturated rings. The minimum Gasteiger partial charge on any atom is -0.367 e. The van der Waals surface area contributed by atoms with Crippen molar-refractivity contribution in [2.45, 2.75) is 51.1 Å². The molecule has 3 heteroatoms. The maximum atomic E-state index is 4.48. The van der Waals surface area contributed by atoms with Gasteiger partial charge in [-0.15, -0.1) is 0 Å². The Hall–Kier alpha value is -1.87. The van der Waals surface area contributed by atoms with Crippen LogP contribution < -0.4 is 4.90 Å². The van der Waals surface area contributed by atoms with Gasteiger partial charge in [0.1, 0.15) is 0 Å². The number of aromatic nitrogens is 1. The normalized spacial score (nSPS) is 29.7. The second-order valence-electron chi connectivity index (χ2n) is 8.75. The first-order chi connectivity index (χ1) is 12.6. The summed E-state index contributed by atoms with van der Waals surface area (Å²) in [7, 11) is 2.34. The Morgan fingerprint density at radius 1 is 1.08 bits per heavy atom. The minimum atomic E-state index is 0.680. The molecule has 2 bridgehead atoms. The fourth-order valence-corrected chi connectivity index (χ4v) is 5.77. The molecular weight excluding hydrogens is 318 g/mol. The number of likely N-dealkylation sites (tertiary alicyclic amines) is 1. The monoisotopic (exact) mass is 347 g/mol. The number of nitrogens with zero attached hydrogens (tertiary/aromatic N) is 3. The number of hydrogen-bond donors (Lipinski definition) is 0. The lowest BCUT2D eigenvalue weighted by molar-refractivity contribution is 0.249. The van der Waals surface area contributed by atoms with Gasteiger partial charge in [-0.2, -0.15) is 0 Å². The molecule has 0 N–H and O–H groups in total. The van der Waals surface area contributed by atoms with Crippen LogP contribution >= 0.6 is 0 Å². The lowest BCUT2D eigenvalue weighted by atomic mass is 9.76. The van der Waals surface area contributed by atoms with Crippen LogP contribution in [-0.2, 0) is 6.42 Å². The molecule has 3 nitrogen and oxygen atoms in total. The summed E-state index contributed by atoms with van der Waals surface area (Å²) < 4.78 is 0. The Kier molecular flexibility index (Phi) is 3.82. The quantitative estimate of drug-likeness (QED) is 0.838. The van der Waals surface area contributed by atoms with Gasteiger partial charge in [0.15, 0.2) is 0 Å². The van der Waals surface area contributed by atoms with Crippen LogP contribution in [0, 0.1) is 19.8 Å². The third-order valence-electron chi connectivity index (χ3n) is 6.96. The Morgan fingerprint density at radius 2 is 1.92 bits per heavy atom. The SMILES string of the molecule is Cc1ccc2c(c1)[C@H]1[C@H]3C[C@H](C[C@H]1N2CCc1ccc(C)nc1)CN3C. The van der Waals surface area contributed by atoms with Gasteiger partial charge in [-0.3, -0.25) is 4.98 Å². The summed E-state index contributed by atoms with van der Waals surface area (Å²) in [6.45, 7) is 6.68. The fraction of sp³-hybridized carbons (Fsp3) is 0.522. The molecule has 1 saturated carbocycles. The van der Waals surface area contributed by atoms with Gasteiger partial charge in [-0.1, -0.05) is 23.8 Å². The van der Waals surface area contributed by atoms with Gasteiger partial charge in [0.2, 0.25) is 0 Å². The highest BCUT2D eigenvalue weighted by atomic mass is 15.2. The molecule has 136 valence electrons. The largest absolute Gasteiger partial charge is 0.367 e. The van der Waals surface area contributed by atoms with E-state index in [1.165, 1.54) is 36.2 Å². The zero-order chi connectivity index (χ0) is 17.8.